The number of rotatable bonds is 5. The molecule has 0 unspecified atom stereocenters. The van der Waals surface area contributed by atoms with Crippen molar-refractivity contribution in [2.24, 2.45) is 4.99 Å². The van der Waals surface area contributed by atoms with E-state index >= 15 is 0 Å². The fourth-order valence-corrected chi connectivity index (χ4v) is 3.39. The van der Waals surface area contributed by atoms with Gasteiger partial charge in [0.2, 0.25) is 0 Å². The van der Waals surface area contributed by atoms with Crippen LogP contribution in [0.2, 0.25) is 0 Å². The molecule has 0 radical (unpaired) electrons. The van der Waals surface area contributed by atoms with Crippen LogP contribution in [-0.4, -0.2) is 12.8 Å². The molecule has 0 atom stereocenters. The van der Waals surface area contributed by atoms with E-state index in [4.69, 9.17) is 4.99 Å². The summed E-state index contributed by atoms with van der Waals surface area (Å²) in [6, 6.07) is 21.3. The molecule has 0 aliphatic heterocycles. The molecule has 2 aromatic carbocycles. The number of nitrogens with zero attached hydrogens (tertiary/aromatic N) is 1. The van der Waals surface area contributed by atoms with Gasteiger partial charge in [-0.15, -0.1) is 0 Å². The molecule has 3 rings (SSSR count). The van der Waals surface area contributed by atoms with E-state index < -0.39 is 0 Å². The number of hydrogen-bond acceptors (Lipinski definition) is 1. The third-order valence-electron chi connectivity index (χ3n) is 4.62. The van der Waals surface area contributed by atoms with Gasteiger partial charge in [0.15, 0.2) is 0 Å². The average Bonchev–Trinajstić information content (AvgIpc) is 3.06. The smallest absolute Gasteiger partial charge is 0.0486 e. The Kier molecular flexibility index (Phi) is 4.85. The molecule has 1 saturated carbocycles. The Morgan fingerprint density at radius 3 is 2.18 bits per heavy atom. The molecule has 2 aromatic rings. The van der Waals surface area contributed by atoms with Crippen LogP contribution in [0.5, 0.6) is 0 Å². The first kappa shape index (κ1) is 14.8. The number of hydrogen-bond donors (Lipinski definition) is 0. The summed E-state index contributed by atoms with van der Waals surface area (Å²) in [6.45, 7) is 0.899. The number of allylic oxidation sites excluding steroid dienone is 1. The van der Waals surface area contributed by atoms with Crippen molar-refractivity contribution < 1.29 is 0 Å². The van der Waals surface area contributed by atoms with Crippen LogP contribution in [-0.2, 0) is 5.41 Å². The van der Waals surface area contributed by atoms with E-state index in [0.717, 1.165) is 6.54 Å². The Bertz CT molecular complexity index is 619. The molecular weight excluding hydrogens is 266 g/mol. The Hall–Kier alpha value is -2.15. The molecule has 1 fully saturated rings. The lowest BCUT2D eigenvalue weighted by atomic mass is 9.79. The minimum atomic E-state index is 0.262. The first-order chi connectivity index (χ1) is 10.9. The second-order valence-electron chi connectivity index (χ2n) is 6.11. The first-order valence-electron chi connectivity index (χ1n) is 8.16. The lowest BCUT2D eigenvalue weighted by Crippen LogP contribution is -2.25. The third kappa shape index (κ3) is 3.54. The highest BCUT2D eigenvalue weighted by atomic mass is 14.7. The minimum Gasteiger partial charge on any atom is -0.292 e. The predicted molar refractivity (Wildman–Crippen MR) is 95.4 cm³/mol. The molecule has 0 saturated heterocycles. The molecule has 1 heteroatoms. The van der Waals surface area contributed by atoms with Crippen molar-refractivity contribution in [3.05, 3.63) is 77.9 Å². The topological polar surface area (TPSA) is 12.4 Å². The van der Waals surface area contributed by atoms with Crippen LogP contribution in [0, 0.1) is 0 Å². The fraction of sp³-hybridized carbons (Fsp3) is 0.286. The molecule has 1 aliphatic rings. The van der Waals surface area contributed by atoms with E-state index in [0.29, 0.717) is 0 Å². The van der Waals surface area contributed by atoms with Gasteiger partial charge in [0.1, 0.15) is 0 Å². The van der Waals surface area contributed by atoms with Crippen LogP contribution < -0.4 is 0 Å². The van der Waals surface area contributed by atoms with Crippen molar-refractivity contribution in [1.82, 2.24) is 0 Å². The van der Waals surface area contributed by atoms with Crippen LogP contribution in [0.3, 0.4) is 0 Å². The van der Waals surface area contributed by atoms with Crippen LogP contribution >= 0.6 is 0 Å². The second kappa shape index (κ2) is 7.22. The Balaban J connectivity index is 1.65. The van der Waals surface area contributed by atoms with Gasteiger partial charge in [0.05, 0.1) is 0 Å². The number of benzene rings is 2. The third-order valence-corrected chi connectivity index (χ3v) is 4.62. The van der Waals surface area contributed by atoms with Crippen LogP contribution in [0.15, 0.2) is 71.7 Å². The summed E-state index contributed by atoms with van der Waals surface area (Å²) in [5.74, 6) is 0. The lowest BCUT2D eigenvalue weighted by molar-refractivity contribution is 0.455. The lowest BCUT2D eigenvalue weighted by Gasteiger charge is -2.27. The summed E-state index contributed by atoms with van der Waals surface area (Å²) in [7, 11) is 0. The second-order valence-corrected chi connectivity index (χ2v) is 6.11. The largest absolute Gasteiger partial charge is 0.292 e. The Morgan fingerprint density at radius 1 is 0.864 bits per heavy atom. The zero-order valence-electron chi connectivity index (χ0n) is 13.0. The SMILES string of the molecule is C(=Cc1ccccc1)C=NCC1(c2ccccc2)CCCC1. The molecule has 0 heterocycles. The summed E-state index contributed by atoms with van der Waals surface area (Å²) >= 11 is 0. The van der Waals surface area contributed by atoms with Gasteiger partial charge in [0.25, 0.3) is 0 Å². The van der Waals surface area contributed by atoms with Gasteiger partial charge in [-0.25, -0.2) is 0 Å². The van der Waals surface area contributed by atoms with Crippen LogP contribution in [0.4, 0.5) is 0 Å². The van der Waals surface area contributed by atoms with Gasteiger partial charge in [-0.1, -0.05) is 79.6 Å². The van der Waals surface area contributed by atoms with E-state index in [9.17, 15) is 0 Å². The monoisotopic (exact) mass is 289 g/mol. The molecule has 22 heavy (non-hydrogen) atoms. The van der Waals surface area contributed by atoms with E-state index in [1.165, 1.54) is 36.8 Å². The Labute approximate surface area is 133 Å². The molecule has 0 spiro atoms. The molecule has 0 amide bonds. The maximum absolute atomic E-state index is 4.71. The molecule has 0 N–H and O–H groups in total. The summed E-state index contributed by atoms with van der Waals surface area (Å²) in [5.41, 5.74) is 2.93. The fourth-order valence-electron chi connectivity index (χ4n) is 3.39. The Morgan fingerprint density at radius 2 is 1.50 bits per heavy atom. The van der Waals surface area contributed by atoms with Gasteiger partial charge >= 0.3 is 0 Å². The van der Waals surface area contributed by atoms with Crippen molar-refractivity contribution in [1.29, 1.82) is 0 Å². The maximum Gasteiger partial charge on any atom is 0.0486 e. The summed E-state index contributed by atoms with van der Waals surface area (Å²) in [5, 5.41) is 0. The predicted octanol–water partition coefficient (Wildman–Crippen LogP) is 5.28. The summed E-state index contributed by atoms with van der Waals surface area (Å²) < 4.78 is 0. The van der Waals surface area contributed by atoms with Crippen molar-refractivity contribution in [2.75, 3.05) is 6.54 Å². The summed E-state index contributed by atoms with van der Waals surface area (Å²) in [6.07, 6.45) is 11.3. The average molecular weight is 289 g/mol. The van der Waals surface area contributed by atoms with Crippen molar-refractivity contribution in [3.8, 4) is 0 Å². The van der Waals surface area contributed by atoms with Gasteiger partial charge < -0.3 is 0 Å². The molecule has 112 valence electrons. The highest BCUT2D eigenvalue weighted by Crippen LogP contribution is 2.41. The molecule has 0 aromatic heterocycles. The first-order valence-corrected chi connectivity index (χ1v) is 8.16. The molecule has 1 aliphatic carbocycles. The highest BCUT2D eigenvalue weighted by Gasteiger charge is 2.34. The maximum atomic E-state index is 4.71. The molecule has 0 bridgehead atoms. The van der Waals surface area contributed by atoms with E-state index in [-0.39, 0.29) is 5.41 Å². The van der Waals surface area contributed by atoms with Gasteiger partial charge in [-0.3, -0.25) is 4.99 Å². The zero-order chi connectivity index (χ0) is 15.1. The van der Waals surface area contributed by atoms with E-state index in [2.05, 4.69) is 60.7 Å². The van der Waals surface area contributed by atoms with Crippen LogP contribution in [0.1, 0.15) is 36.8 Å². The van der Waals surface area contributed by atoms with Gasteiger partial charge in [0, 0.05) is 18.2 Å². The molecule has 1 nitrogen and oxygen atoms in total. The van der Waals surface area contributed by atoms with Crippen LogP contribution in [0.25, 0.3) is 6.08 Å². The van der Waals surface area contributed by atoms with Crippen molar-refractivity contribution in [2.45, 2.75) is 31.1 Å². The van der Waals surface area contributed by atoms with Crippen molar-refractivity contribution in [3.63, 3.8) is 0 Å². The summed E-state index contributed by atoms with van der Waals surface area (Å²) in [4.78, 5) is 4.71. The van der Waals surface area contributed by atoms with Gasteiger partial charge in [-0.05, 0) is 30.0 Å². The van der Waals surface area contributed by atoms with E-state index in [1.54, 1.807) is 0 Å². The van der Waals surface area contributed by atoms with Crippen molar-refractivity contribution >= 4 is 12.3 Å². The quantitative estimate of drug-likeness (QED) is 0.664. The number of aliphatic imine (C=N–C) groups is 1. The van der Waals surface area contributed by atoms with Gasteiger partial charge in [-0.2, -0.15) is 0 Å². The standard InChI is InChI=1S/C21H23N/c1-3-10-19(11-4-1)12-9-17-22-18-21(15-7-8-16-21)20-13-5-2-6-14-20/h1-6,9-14,17H,7-8,15-16,18H2. The highest BCUT2D eigenvalue weighted by molar-refractivity contribution is 5.78. The zero-order valence-corrected chi connectivity index (χ0v) is 13.0. The molecular formula is C21H23N. The normalized spacial score (nSPS) is 17.5. The minimum absolute atomic E-state index is 0.262. The van der Waals surface area contributed by atoms with E-state index in [1.807, 2.05) is 18.4 Å².